The molecule has 1 unspecified atom stereocenters. The van der Waals surface area contributed by atoms with Crippen LogP contribution in [-0.2, 0) is 5.60 Å². The second-order valence-corrected chi connectivity index (χ2v) is 6.17. The topological polar surface area (TPSA) is 62.5 Å². The maximum absolute atomic E-state index is 12.2. The molecule has 0 saturated carbocycles. The molecule has 0 aliphatic heterocycles. The maximum atomic E-state index is 12.2. The number of amides is 1. The van der Waals surface area contributed by atoms with Crippen LogP contribution in [0.15, 0.2) is 28.7 Å². The molecule has 0 fully saturated rings. The third-order valence-electron chi connectivity index (χ3n) is 3.41. The van der Waals surface area contributed by atoms with E-state index in [2.05, 4.69) is 5.32 Å². The molecule has 4 nitrogen and oxygen atoms in total. The van der Waals surface area contributed by atoms with Crippen molar-refractivity contribution in [3.8, 4) is 0 Å². The van der Waals surface area contributed by atoms with Gasteiger partial charge in [-0.05, 0) is 39.0 Å². The van der Waals surface area contributed by atoms with Crippen molar-refractivity contribution in [3.63, 3.8) is 0 Å². The van der Waals surface area contributed by atoms with Gasteiger partial charge in [0.25, 0.3) is 5.91 Å². The molecule has 1 aromatic heterocycles. The van der Waals surface area contributed by atoms with Gasteiger partial charge in [0.15, 0.2) is 0 Å². The van der Waals surface area contributed by atoms with Gasteiger partial charge in [-0.25, -0.2) is 0 Å². The summed E-state index contributed by atoms with van der Waals surface area (Å²) in [5, 5.41) is 13.7. The summed E-state index contributed by atoms with van der Waals surface area (Å²) in [6.07, 6.45) is 0. The standard InChI is InChI=1S/C16H17Cl2NO3/c1-9-7-12(10(2)22-9)16(3,21)8-19-15(20)11-5-4-6-13(17)14(11)18/h4-7,21H,8H2,1-3H3,(H,19,20). The van der Waals surface area contributed by atoms with Gasteiger partial charge >= 0.3 is 0 Å². The summed E-state index contributed by atoms with van der Waals surface area (Å²) in [5.41, 5.74) is -0.338. The molecule has 2 N–H and O–H groups in total. The maximum Gasteiger partial charge on any atom is 0.252 e. The molecule has 1 amide bonds. The summed E-state index contributed by atoms with van der Waals surface area (Å²) in [6.45, 7) is 5.21. The number of rotatable bonds is 4. The minimum Gasteiger partial charge on any atom is -0.466 e. The van der Waals surface area contributed by atoms with Gasteiger partial charge in [-0.15, -0.1) is 0 Å². The molecule has 0 aliphatic carbocycles. The van der Waals surface area contributed by atoms with Gasteiger partial charge in [0.1, 0.15) is 17.1 Å². The Balaban J connectivity index is 2.13. The van der Waals surface area contributed by atoms with Gasteiger partial charge in [-0.2, -0.15) is 0 Å². The fourth-order valence-electron chi connectivity index (χ4n) is 2.29. The molecule has 6 heteroatoms. The van der Waals surface area contributed by atoms with Crippen LogP contribution in [0.2, 0.25) is 10.0 Å². The Bertz CT molecular complexity index is 707. The quantitative estimate of drug-likeness (QED) is 0.887. The second-order valence-electron chi connectivity index (χ2n) is 5.38. The minimum atomic E-state index is -1.25. The van der Waals surface area contributed by atoms with Crippen LogP contribution in [0.25, 0.3) is 0 Å². The zero-order valence-electron chi connectivity index (χ0n) is 12.5. The number of hydrogen-bond donors (Lipinski definition) is 2. The van der Waals surface area contributed by atoms with Crippen LogP contribution in [-0.4, -0.2) is 17.6 Å². The van der Waals surface area contributed by atoms with E-state index in [9.17, 15) is 9.90 Å². The Hall–Kier alpha value is -1.49. The monoisotopic (exact) mass is 341 g/mol. The van der Waals surface area contributed by atoms with Gasteiger partial charge in [0.2, 0.25) is 0 Å². The van der Waals surface area contributed by atoms with Crippen molar-refractivity contribution < 1.29 is 14.3 Å². The van der Waals surface area contributed by atoms with Crippen molar-refractivity contribution in [2.45, 2.75) is 26.4 Å². The molecule has 1 heterocycles. The average Bonchev–Trinajstić information content (AvgIpc) is 2.79. The molecule has 22 heavy (non-hydrogen) atoms. The van der Waals surface area contributed by atoms with Crippen LogP contribution in [0, 0.1) is 13.8 Å². The molecule has 2 aromatic rings. The van der Waals surface area contributed by atoms with Crippen LogP contribution in [0.3, 0.4) is 0 Å². The van der Waals surface area contributed by atoms with Crippen LogP contribution < -0.4 is 5.32 Å². The number of nitrogens with one attached hydrogen (secondary N) is 1. The van der Waals surface area contributed by atoms with Crippen LogP contribution >= 0.6 is 23.2 Å². The Morgan fingerprint density at radius 3 is 2.64 bits per heavy atom. The number of benzene rings is 1. The van der Waals surface area contributed by atoms with Crippen molar-refractivity contribution in [2.24, 2.45) is 0 Å². The molecule has 0 radical (unpaired) electrons. The van der Waals surface area contributed by atoms with Gasteiger partial charge in [0, 0.05) is 5.56 Å². The summed E-state index contributed by atoms with van der Waals surface area (Å²) in [7, 11) is 0. The lowest BCUT2D eigenvalue weighted by Crippen LogP contribution is -2.38. The summed E-state index contributed by atoms with van der Waals surface area (Å²) in [5.74, 6) is 0.931. The molecule has 2 rings (SSSR count). The molecule has 1 atom stereocenters. The fraction of sp³-hybridized carbons (Fsp3) is 0.312. The third kappa shape index (κ3) is 3.46. The lowest BCUT2D eigenvalue weighted by Gasteiger charge is -2.23. The fourth-order valence-corrected chi connectivity index (χ4v) is 2.67. The number of aryl methyl sites for hydroxylation is 2. The van der Waals surface area contributed by atoms with Crippen LogP contribution in [0.5, 0.6) is 0 Å². The zero-order chi connectivity index (χ0) is 16.5. The Morgan fingerprint density at radius 1 is 1.36 bits per heavy atom. The highest BCUT2D eigenvalue weighted by molar-refractivity contribution is 6.43. The van der Waals surface area contributed by atoms with E-state index in [1.165, 1.54) is 0 Å². The van der Waals surface area contributed by atoms with E-state index in [4.69, 9.17) is 27.6 Å². The van der Waals surface area contributed by atoms with Crippen molar-refractivity contribution in [1.29, 1.82) is 0 Å². The summed E-state index contributed by atoms with van der Waals surface area (Å²) < 4.78 is 5.42. The van der Waals surface area contributed by atoms with E-state index >= 15 is 0 Å². The molecule has 0 aliphatic rings. The summed E-state index contributed by atoms with van der Waals surface area (Å²) >= 11 is 11.9. The first-order chi connectivity index (χ1) is 10.2. The Kier molecular flexibility index (Phi) is 4.85. The van der Waals surface area contributed by atoms with Crippen molar-refractivity contribution in [2.75, 3.05) is 6.54 Å². The van der Waals surface area contributed by atoms with Gasteiger partial charge in [-0.1, -0.05) is 29.3 Å². The van der Waals surface area contributed by atoms with Crippen molar-refractivity contribution in [1.82, 2.24) is 5.32 Å². The highest BCUT2D eigenvalue weighted by atomic mass is 35.5. The van der Waals surface area contributed by atoms with Crippen LogP contribution in [0.1, 0.15) is 34.4 Å². The number of furan rings is 1. The highest BCUT2D eigenvalue weighted by Gasteiger charge is 2.28. The van der Waals surface area contributed by atoms with E-state index in [-0.39, 0.29) is 17.1 Å². The third-order valence-corrected chi connectivity index (χ3v) is 4.23. The highest BCUT2D eigenvalue weighted by Crippen LogP contribution is 2.28. The normalized spacial score (nSPS) is 13.7. The molecule has 1 aromatic carbocycles. The van der Waals surface area contributed by atoms with E-state index in [1.807, 2.05) is 0 Å². The van der Waals surface area contributed by atoms with Crippen LogP contribution in [0.4, 0.5) is 0 Å². The first-order valence-corrected chi connectivity index (χ1v) is 7.50. The number of halogens is 2. The summed E-state index contributed by atoms with van der Waals surface area (Å²) in [6, 6.07) is 6.58. The number of carbonyl (C=O) groups is 1. The first kappa shape index (κ1) is 16.9. The number of aliphatic hydroxyl groups is 1. The first-order valence-electron chi connectivity index (χ1n) is 6.74. The Morgan fingerprint density at radius 2 is 2.05 bits per heavy atom. The predicted octanol–water partition coefficient (Wildman–Crippen LogP) is 3.84. The van der Waals surface area contributed by atoms with Gasteiger partial charge in [-0.3, -0.25) is 4.79 Å². The van der Waals surface area contributed by atoms with E-state index in [1.54, 1.807) is 45.0 Å². The number of hydrogen-bond acceptors (Lipinski definition) is 3. The average molecular weight is 342 g/mol. The SMILES string of the molecule is Cc1cc(C(C)(O)CNC(=O)c2cccc(Cl)c2Cl)c(C)o1. The molecule has 118 valence electrons. The van der Waals surface area contributed by atoms with Gasteiger partial charge in [0.05, 0.1) is 22.2 Å². The van der Waals surface area contributed by atoms with Gasteiger partial charge < -0.3 is 14.8 Å². The zero-order valence-corrected chi connectivity index (χ0v) is 14.0. The summed E-state index contributed by atoms with van der Waals surface area (Å²) in [4.78, 5) is 12.2. The Labute approximate surface area is 139 Å². The minimum absolute atomic E-state index is 0.0223. The molecular formula is C16H17Cl2NO3. The van der Waals surface area contributed by atoms with E-state index < -0.39 is 11.5 Å². The lowest BCUT2D eigenvalue weighted by atomic mass is 9.96. The molecule has 0 bridgehead atoms. The van der Waals surface area contributed by atoms with E-state index in [0.717, 1.165) is 0 Å². The van der Waals surface area contributed by atoms with Crippen molar-refractivity contribution >= 4 is 29.1 Å². The second kappa shape index (κ2) is 6.32. The molecular weight excluding hydrogens is 325 g/mol. The lowest BCUT2D eigenvalue weighted by molar-refractivity contribution is 0.0514. The molecule has 0 saturated heterocycles. The smallest absolute Gasteiger partial charge is 0.252 e. The van der Waals surface area contributed by atoms with Crippen molar-refractivity contribution in [3.05, 3.63) is 57.0 Å². The largest absolute Gasteiger partial charge is 0.466 e. The van der Waals surface area contributed by atoms with E-state index in [0.29, 0.717) is 22.1 Å². The molecule has 0 spiro atoms. The number of carbonyl (C=O) groups excluding carboxylic acids is 1. The predicted molar refractivity (Wildman–Crippen MR) is 86.5 cm³/mol.